The van der Waals surface area contributed by atoms with Gasteiger partial charge in [-0.1, -0.05) is 36.0 Å². The fourth-order valence-corrected chi connectivity index (χ4v) is 3.59. The van der Waals surface area contributed by atoms with E-state index in [1.54, 1.807) is 29.3 Å². The van der Waals surface area contributed by atoms with Crippen LogP contribution in [-0.4, -0.2) is 9.97 Å². The summed E-state index contributed by atoms with van der Waals surface area (Å²) in [7, 11) is 0. The normalized spacial score (nSPS) is 10.7. The van der Waals surface area contributed by atoms with Crippen LogP contribution in [-0.2, 0) is 0 Å². The van der Waals surface area contributed by atoms with E-state index in [-0.39, 0.29) is 0 Å². The van der Waals surface area contributed by atoms with Crippen LogP contribution in [0.1, 0.15) is 5.56 Å². The van der Waals surface area contributed by atoms with Crippen molar-refractivity contribution in [2.45, 2.75) is 17.0 Å². The predicted molar refractivity (Wildman–Crippen MR) is 77.2 cm³/mol. The van der Waals surface area contributed by atoms with Gasteiger partial charge in [0.25, 0.3) is 0 Å². The molecule has 2 aromatic heterocycles. The van der Waals surface area contributed by atoms with Crippen molar-refractivity contribution >= 4 is 23.1 Å². The van der Waals surface area contributed by atoms with Crippen LogP contribution in [0.2, 0.25) is 0 Å². The number of aryl methyl sites for hydroxylation is 1. The molecule has 0 saturated carbocycles. The van der Waals surface area contributed by atoms with Crippen LogP contribution in [0.25, 0.3) is 10.4 Å². The molecule has 0 fully saturated rings. The van der Waals surface area contributed by atoms with Crippen LogP contribution in [0.5, 0.6) is 0 Å². The topological polar surface area (TPSA) is 28.7 Å². The first kappa shape index (κ1) is 11.6. The summed E-state index contributed by atoms with van der Waals surface area (Å²) in [5, 5.41) is 3.04. The maximum Gasteiger partial charge on any atom is 0.170 e. The summed E-state index contributed by atoms with van der Waals surface area (Å²) in [6, 6.07) is 10.7. The molecule has 3 rings (SSSR count). The smallest absolute Gasteiger partial charge is 0.170 e. The Morgan fingerprint density at radius 1 is 1.22 bits per heavy atom. The van der Waals surface area contributed by atoms with E-state index < -0.39 is 0 Å². The zero-order chi connectivity index (χ0) is 12.4. The van der Waals surface area contributed by atoms with Gasteiger partial charge in [0.05, 0.1) is 0 Å². The summed E-state index contributed by atoms with van der Waals surface area (Å²) < 4.78 is 0. The summed E-state index contributed by atoms with van der Waals surface area (Å²) in [6.07, 6.45) is 3.64. The number of nitrogens with one attached hydrogen (secondary N) is 1. The third-order valence-electron chi connectivity index (χ3n) is 2.67. The van der Waals surface area contributed by atoms with Gasteiger partial charge in [-0.3, -0.25) is 0 Å². The number of hydrogen-bond acceptors (Lipinski definition) is 3. The first-order valence-electron chi connectivity index (χ1n) is 5.65. The number of hydrogen-bond donors (Lipinski definition) is 1. The number of benzene rings is 1. The zero-order valence-corrected chi connectivity index (χ0v) is 11.5. The highest BCUT2D eigenvalue weighted by Gasteiger charge is 2.11. The zero-order valence-electron chi connectivity index (χ0n) is 9.88. The molecule has 0 spiro atoms. The van der Waals surface area contributed by atoms with E-state index in [2.05, 4.69) is 52.6 Å². The highest BCUT2D eigenvalue weighted by molar-refractivity contribution is 7.99. The lowest BCUT2D eigenvalue weighted by Gasteiger charge is -2.09. The first-order valence-corrected chi connectivity index (χ1v) is 7.35. The van der Waals surface area contributed by atoms with Gasteiger partial charge in [-0.05, 0) is 23.9 Å². The molecule has 2 heterocycles. The molecule has 0 atom stereocenters. The minimum atomic E-state index is 0.933. The second-order valence-electron chi connectivity index (χ2n) is 3.93. The molecule has 2 nitrogen and oxygen atoms in total. The Hall–Kier alpha value is -1.52. The molecular weight excluding hydrogens is 260 g/mol. The van der Waals surface area contributed by atoms with Crippen molar-refractivity contribution < 1.29 is 0 Å². The molecular formula is C14H12N2S2. The molecule has 0 bridgehead atoms. The number of nitrogens with zero attached hydrogens (tertiary/aromatic N) is 1. The summed E-state index contributed by atoms with van der Waals surface area (Å²) in [4.78, 5) is 10.00. The van der Waals surface area contributed by atoms with Crippen LogP contribution >= 0.6 is 23.1 Å². The second kappa shape index (κ2) is 5.00. The van der Waals surface area contributed by atoms with E-state index >= 15 is 0 Å². The van der Waals surface area contributed by atoms with Crippen molar-refractivity contribution in [1.29, 1.82) is 0 Å². The molecule has 1 aromatic carbocycles. The first-order chi connectivity index (χ1) is 8.84. The van der Waals surface area contributed by atoms with Gasteiger partial charge in [0.1, 0.15) is 0 Å². The lowest BCUT2D eigenvalue weighted by Crippen LogP contribution is -1.85. The molecule has 3 aromatic rings. The lowest BCUT2D eigenvalue weighted by atomic mass is 10.1. The largest absolute Gasteiger partial charge is 0.339 e. The quantitative estimate of drug-likeness (QED) is 0.755. The molecule has 0 amide bonds. The van der Waals surface area contributed by atoms with Crippen LogP contribution in [0, 0.1) is 6.92 Å². The molecule has 0 saturated heterocycles. The Morgan fingerprint density at radius 3 is 2.89 bits per heavy atom. The van der Waals surface area contributed by atoms with E-state index in [9.17, 15) is 0 Å². The van der Waals surface area contributed by atoms with E-state index in [4.69, 9.17) is 0 Å². The minimum absolute atomic E-state index is 0.933. The molecule has 0 aliphatic carbocycles. The minimum Gasteiger partial charge on any atom is -0.339 e. The van der Waals surface area contributed by atoms with Crippen LogP contribution in [0.4, 0.5) is 0 Å². The second-order valence-corrected chi connectivity index (χ2v) is 5.87. The Balaban J connectivity index is 2.07. The maximum atomic E-state index is 4.29. The third kappa shape index (κ3) is 2.21. The number of aromatic amines is 1. The standard InChI is InChI=1S/C14H12N2S2/c1-10-4-2-5-11(12-6-3-9-17-12)13(10)18-14-15-7-8-16-14/h2-9H,1H3,(H,15,16). The van der Waals surface area contributed by atoms with Crippen molar-refractivity contribution in [2.24, 2.45) is 0 Å². The summed E-state index contributed by atoms with van der Waals surface area (Å²) >= 11 is 3.45. The molecule has 0 radical (unpaired) electrons. The Morgan fingerprint density at radius 2 is 2.17 bits per heavy atom. The summed E-state index contributed by atoms with van der Waals surface area (Å²) in [5.41, 5.74) is 2.56. The van der Waals surface area contributed by atoms with Gasteiger partial charge >= 0.3 is 0 Å². The highest BCUT2D eigenvalue weighted by atomic mass is 32.2. The molecule has 0 unspecified atom stereocenters. The van der Waals surface area contributed by atoms with E-state index in [0.29, 0.717) is 0 Å². The maximum absolute atomic E-state index is 4.29. The van der Waals surface area contributed by atoms with Crippen LogP contribution in [0.3, 0.4) is 0 Å². The summed E-state index contributed by atoms with van der Waals surface area (Å²) in [5.74, 6) is 0. The fraction of sp³-hybridized carbons (Fsp3) is 0.0714. The Labute approximate surface area is 114 Å². The molecule has 1 N–H and O–H groups in total. The van der Waals surface area contributed by atoms with Crippen molar-refractivity contribution in [2.75, 3.05) is 0 Å². The molecule has 0 aliphatic heterocycles. The average Bonchev–Trinajstić information content (AvgIpc) is 3.04. The Kier molecular flexibility index (Phi) is 3.21. The van der Waals surface area contributed by atoms with Gasteiger partial charge in [-0.25, -0.2) is 4.98 Å². The predicted octanol–water partition coefficient (Wildman–Crippen LogP) is 4.60. The monoisotopic (exact) mass is 272 g/mol. The number of rotatable bonds is 3. The average molecular weight is 272 g/mol. The van der Waals surface area contributed by atoms with Gasteiger partial charge in [0, 0.05) is 27.7 Å². The van der Waals surface area contributed by atoms with Gasteiger partial charge in [-0.2, -0.15) is 0 Å². The number of imidazole rings is 1. The van der Waals surface area contributed by atoms with Crippen LogP contribution < -0.4 is 0 Å². The van der Waals surface area contributed by atoms with Crippen LogP contribution in [0.15, 0.2) is 58.2 Å². The van der Waals surface area contributed by atoms with Crippen molar-refractivity contribution in [3.63, 3.8) is 0 Å². The van der Waals surface area contributed by atoms with E-state index in [1.165, 1.54) is 20.9 Å². The molecule has 0 aliphatic rings. The van der Waals surface area contributed by atoms with Crippen molar-refractivity contribution in [1.82, 2.24) is 9.97 Å². The third-order valence-corrected chi connectivity index (χ3v) is 4.74. The number of H-pyrrole nitrogens is 1. The highest BCUT2D eigenvalue weighted by Crippen LogP contribution is 2.38. The lowest BCUT2D eigenvalue weighted by molar-refractivity contribution is 1.06. The van der Waals surface area contributed by atoms with Crippen molar-refractivity contribution in [3.8, 4) is 10.4 Å². The number of thiophene rings is 1. The SMILES string of the molecule is Cc1cccc(-c2cccs2)c1Sc1ncc[nH]1. The van der Waals surface area contributed by atoms with Crippen molar-refractivity contribution in [3.05, 3.63) is 53.7 Å². The van der Waals surface area contributed by atoms with Gasteiger partial charge in [0.15, 0.2) is 5.16 Å². The summed E-state index contributed by atoms with van der Waals surface area (Å²) in [6.45, 7) is 2.14. The van der Waals surface area contributed by atoms with E-state index in [1.807, 2.05) is 6.20 Å². The molecule has 18 heavy (non-hydrogen) atoms. The Bertz CT molecular complexity index is 628. The molecule has 90 valence electrons. The number of aromatic nitrogens is 2. The van der Waals surface area contributed by atoms with Gasteiger partial charge in [0.2, 0.25) is 0 Å². The van der Waals surface area contributed by atoms with Gasteiger partial charge < -0.3 is 4.98 Å². The molecule has 4 heteroatoms. The fourth-order valence-electron chi connectivity index (χ4n) is 1.82. The van der Waals surface area contributed by atoms with Gasteiger partial charge in [-0.15, -0.1) is 11.3 Å². The van der Waals surface area contributed by atoms with E-state index in [0.717, 1.165) is 5.16 Å².